The molecule has 0 radical (unpaired) electrons. The van der Waals surface area contributed by atoms with Crippen LogP contribution in [0.5, 0.6) is 0 Å². The van der Waals surface area contributed by atoms with Crippen LogP contribution in [0.15, 0.2) is 60.7 Å². The van der Waals surface area contributed by atoms with Gasteiger partial charge in [-0.25, -0.2) is 0 Å². The number of carbonyl (C=O) groups excluding carboxylic acids is 3. The zero-order valence-corrected chi connectivity index (χ0v) is 37.6. The lowest BCUT2D eigenvalue weighted by Gasteiger charge is -2.43. The van der Waals surface area contributed by atoms with Crippen LogP contribution in [0.25, 0.3) is 0 Å². The number of amides is 2. The molecule has 1 aliphatic rings. The number of esters is 1. The minimum Gasteiger partial charge on any atom is -0.457 e. The van der Waals surface area contributed by atoms with Crippen molar-refractivity contribution in [2.75, 3.05) is 26.4 Å². The van der Waals surface area contributed by atoms with Crippen molar-refractivity contribution >= 4 is 36.5 Å². The van der Waals surface area contributed by atoms with Gasteiger partial charge >= 0.3 is 5.97 Å². The summed E-state index contributed by atoms with van der Waals surface area (Å²) in [7, 11) is -1.16. The van der Waals surface area contributed by atoms with Gasteiger partial charge in [-0.2, -0.15) is 0 Å². The molecule has 4 N–H and O–H groups in total. The van der Waals surface area contributed by atoms with Crippen molar-refractivity contribution < 1.29 is 43.3 Å². The van der Waals surface area contributed by atoms with Crippen LogP contribution < -0.4 is 21.2 Å². The van der Waals surface area contributed by atoms with Crippen molar-refractivity contribution in [1.29, 1.82) is 0 Å². The monoisotopic (exact) mass is 857 g/mol. The Bertz CT molecular complexity index is 1370. The Morgan fingerprint density at radius 2 is 1.13 bits per heavy atom. The highest BCUT2D eigenvalue weighted by atomic mass is 31.1. The number of benzene rings is 2. The van der Waals surface area contributed by atoms with Crippen molar-refractivity contribution in [3.8, 4) is 0 Å². The Morgan fingerprint density at radius 3 is 1.63 bits per heavy atom. The Morgan fingerprint density at radius 1 is 0.650 bits per heavy atom. The summed E-state index contributed by atoms with van der Waals surface area (Å²) < 4.78 is 24.4. The zero-order chi connectivity index (χ0) is 43.0. The Balaban J connectivity index is 1.58. The van der Waals surface area contributed by atoms with E-state index in [1.54, 1.807) is 0 Å². The molecule has 1 saturated heterocycles. The van der Waals surface area contributed by atoms with Gasteiger partial charge in [0.25, 0.3) is 0 Å². The molecule has 1 aliphatic heterocycles. The normalized spacial score (nSPS) is 19.0. The second kappa shape index (κ2) is 32.7. The standard InChI is InChI=1S/C48H77N2O9P/c1-3-5-7-9-11-13-14-16-18-20-28-34-44(54)59-47-45(50-43(53)37-49-42(52)33-27-19-17-15-12-10-8-6-4-2)48(58-41(38-51)46(47)55)56-35-36-57-60(39-29-23-21-24-30-39)40-31-25-22-26-32-40/h21-26,29-32,41,45-48,51,55H,3-20,27-28,33-38H2,1-2H3,(H,49,52)(H,50,53)/t41-,45+,46-,47-,48+/m1/s1. The van der Waals surface area contributed by atoms with Crippen LogP contribution in [-0.2, 0) is 33.1 Å². The van der Waals surface area contributed by atoms with Gasteiger partial charge < -0.3 is 39.6 Å². The van der Waals surface area contributed by atoms with Gasteiger partial charge in [0, 0.05) is 23.5 Å². The second-order valence-electron chi connectivity index (χ2n) is 16.1. The van der Waals surface area contributed by atoms with E-state index < -0.39 is 57.3 Å². The van der Waals surface area contributed by atoms with Gasteiger partial charge in [0.1, 0.15) is 18.2 Å². The third-order valence-corrected chi connectivity index (χ3v) is 12.9. The summed E-state index contributed by atoms with van der Waals surface area (Å²) in [4.78, 5) is 39.2. The van der Waals surface area contributed by atoms with E-state index in [1.807, 2.05) is 60.7 Å². The molecule has 0 bridgehead atoms. The van der Waals surface area contributed by atoms with Crippen LogP contribution >= 0.6 is 8.15 Å². The number of rotatable bonds is 34. The Hall–Kier alpha value is -2.92. The molecule has 1 fully saturated rings. The predicted octanol–water partition coefficient (Wildman–Crippen LogP) is 8.28. The highest BCUT2D eigenvalue weighted by molar-refractivity contribution is 7.68. The van der Waals surface area contributed by atoms with E-state index in [9.17, 15) is 24.6 Å². The number of hydrogen-bond acceptors (Lipinski definition) is 9. The fourth-order valence-electron chi connectivity index (χ4n) is 7.47. The maximum absolute atomic E-state index is 13.4. The lowest BCUT2D eigenvalue weighted by molar-refractivity contribution is -0.274. The van der Waals surface area contributed by atoms with Crippen LogP contribution in [0.1, 0.15) is 155 Å². The molecule has 2 aromatic carbocycles. The van der Waals surface area contributed by atoms with Crippen LogP contribution in [0, 0.1) is 0 Å². The molecular formula is C48H77N2O9P. The van der Waals surface area contributed by atoms with Crippen LogP contribution in [0.2, 0.25) is 0 Å². The summed E-state index contributed by atoms with van der Waals surface area (Å²) in [5.41, 5.74) is 0. The summed E-state index contributed by atoms with van der Waals surface area (Å²) in [6, 6.07) is 18.7. The van der Waals surface area contributed by atoms with Gasteiger partial charge in [0.2, 0.25) is 11.8 Å². The van der Waals surface area contributed by atoms with Crippen molar-refractivity contribution in [2.45, 2.75) is 186 Å². The molecule has 2 amide bonds. The SMILES string of the molecule is CCCCCCCCCCCCCC(=O)O[C@H]1[C@H](O)[C@@H](CO)O[C@H](OCCOP(c2ccccc2)c2ccccc2)[C@H]1NC(=O)CNC(=O)CCCCCCCCCCC. The van der Waals surface area contributed by atoms with Gasteiger partial charge in [0.15, 0.2) is 12.4 Å². The molecule has 338 valence electrons. The van der Waals surface area contributed by atoms with Gasteiger partial charge in [-0.3, -0.25) is 14.4 Å². The molecule has 5 atom stereocenters. The van der Waals surface area contributed by atoms with Crippen molar-refractivity contribution in [2.24, 2.45) is 0 Å². The van der Waals surface area contributed by atoms with E-state index in [2.05, 4.69) is 24.5 Å². The van der Waals surface area contributed by atoms with E-state index in [0.717, 1.165) is 49.1 Å². The number of ether oxygens (including phenoxy) is 3. The quantitative estimate of drug-likeness (QED) is 0.0310. The van der Waals surface area contributed by atoms with Crippen LogP contribution in [0.3, 0.4) is 0 Å². The third kappa shape index (κ3) is 21.2. The molecular weight excluding hydrogens is 780 g/mol. The zero-order valence-electron chi connectivity index (χ0n) is 36.7. The third-order valence-electron chi connectivity index (χ3n) is 11.0. The summed E-state index contributed by atoms with van der Waals surface area (Å²) in [5, 5.41) is 29.1. The van der Waals surface area contributed by atoms with Gasteiger partial charge in [-0.05, 0) is 12.8 Å². The van der Waals surface area contributed by atoms with Crippen molar-refractivity contribution in [3.63, 3.8) is 0 Å². The average Bonchev–Trinajstić information content (AvgIpc) is 3.26. The molecule has 3 rings (SSSR count). The first kappa shape index (κ1) is 51.4. The smallest absolute Gasteiger partial charge is 0.306 e. The highest BCUT2D eigenvalue weighted by Crippen LogP contribution is 2.35. The number of aliphatic hydroxyl groups is 2. The lowest BCUT2D eigenvalue weighted by atomic mass is 9.96. The maximum atomic E-state index is 13.4. The number of nitrogens with one attached hydrogen (secondary N) is 2. The van der Waals surface area contributed by atoms with Crippen LogP contribution in [-0.4, -0.2) is 85.0 Å². The second-order valence-corrected chi connectivity index (χ2v) is 18.0. The molecule has 0 spiro atoms. The predicted molar refractivity (Wildman–Crippen MR) is 240 cm³/mol. The first-order valence-corrected chi connectivity index (χ1v) is 24.5. The molecule has 1 heterocycles. The lowest BCUT2D eigenvalue weighted by Crippen LogP contribution is -2.66. The Labute approximate surface area is 362 Å². The molecule has 12 heteroatoms. The van der Waals surface area contributed by atoms with Gasteiger partial charge in [-0.15, -0.1) is 0 Å². The summed E-state index contributed by atoms with van der Waals surface area (Å²) in [5.74, 6) is -1.28. The summed E-state index contributed by atoms with van der Waals surface area (Å²) in [6.45, 7) is 3.78. The van der Waals surface area contributed by atoms with Crippen molar-refractivity contribution in [3.05, 3.63) is 60.7 Å². The minimum atomic E-state index is -1.44. The van der Waals surface area contributed by atoms with Crippen molar-refractivity contribution in [1.82, 2.24) is 10.6 Å². The topological polar surface area (TPSA) is 153 Å². The van der Waals surface area contributed by atoms with Gasteiger partial charge in [0.05, 0.1) is 34.5 Å². The number of aliphatic hydroxyl groups excluding tert-OH is 2. The number of hydrogen-bond donors (Lipinski definition) is 4. The molecule has 0 unspecified atom stereocenters. The average molecular weight is 857 g/mol. The van der Waals surface area contributed by atoms with E-state index in [1.165, 1.54) is 83.5 Å². The molecule has 0 saturated carbocycles. The molecule has 2 aromatic rings. The van der Waals surface area contributed by atoms with E-state index in [-0.39, 0.29) is 32.1 Å². The van der Waals surface area contributed by atoms with E-state index >= 15 is 0 Å². The van der Waals surface area contributed by atoms with Crippen LogP contribution in [0.4, 0.5) is 0 Å². The molecule has 0 aromatic heterocycles. The van der Waals surface area contributed by atoms with E-state index in [4.69, 9.17) is 18.7 Å². The first-order chi connectivity index (χ1) is 29.4. The fourth-order valence-corrected chi connectivity index (χ4v) is 9.21. The first-order valence-electron chi connectivity index (χ1n) is 23.2. The largest absolute Gasteiger partial charge is 0.457 e. The molecule has 60 heavy (non-hydrogen) atoms. The fraction of sp³-hybridized carbons (Fsp3) is 0.688. The number of carbonyl (C=O) groups is 3. The maximum Gasteiger partial charge on any atom is 0.306 e. The minimum absolute atomic E-state index is 0.0403. The summed E-state index contributed by atoms with van der Waals surface area (Å²) in [6.07, 6.45) is 18.3. The summed E-state index contributed by atoms with van der Waals surface area (Å²) >= 11 is 0. The van der Waals surface area contributed by atoms with E-state index in [0.29, 0.717) is 12.8 Å². The Kier molecular flexibility index (Phi) is 28.1. The molecule has 0 aliphatic carbocycles. The number of unbranched alkanes of at least 4 members (excludes halogenated alkanes) is 18. The molecule has 11 nitrogen and oxygen atoms in total. The highest BCUT2D eigenvalue weighted by Gasteiger charge is 2.48. The van der Waals surface area contributed by atoms with Gasteiger partial charge in [-0.1, -0.05) is 190 Å².